The predicted octanol–water partition coefficient (Wildman–Crippen LogP) is 3.21. The third-order valence-electron chi connectivity index (χ3n) is 4.83. The molecule has 8 heteroatoms. The summed E-state index contributed by atoms with van der Waals surface area (Å²) in [4.78, 5) is 14.5. The number of ether oxygens (including phenoxy) is 2. The molecule has 1 aliphatic heterocycles. The molecule has 0 aliphatic carbocycles. The number of para-hydroxylation sites is 2. The van der Waals surface area contributed by atoms with Crippen LogP contribution >= 0.6 is 12.2 Å². The fourth-order valence-electron chi connectivity index (χ4n) is 3.20. The number of H-pyrrole nitrogens is 1. The summed E-state index contributed by atoms with van der Waals surface area (Å²) >= 11 is 5.34. The summed E-state index contributed by atoms with van der Waals surface area (Å²) in [6, 6.07) is 15.5. The molecular weight excluding hydrogens is 388 g/mol. The number of rotatable bonds is 5. The standard InChI is InChI=1S/C21H22N4O3S/c1-14-7-9-15(10-8-14)20-22-23-21(29)25(20)12-19(26)24(2)11-16-13-27-17-5-3-4-6-18(17)28-16/h3-10,16H,11-13H2,1-2H3,(H,23,29). The molecule has 4 rings (SSSR count). The van der Waals surface area contributed by atoms with Crippen LogP contribution in [0.4, 0.5) is 0 Å². The molecule has 1 atom stereocenters. The number of fused-ring (bicyclic) bond motifs is 1. The Morgan fingerprint density at radius 2 is 1.97 bits per heavy atom. The Kier molecular flexibility index (Phi) is 5.35. The van der Waals surface area contributed by atoms with Gasteiger partial charge in [-0.05, 0) is 31.3 Å². The van der Waals surface area contributed by atoms with Crippen molar-refractivity contribution in [2.24, 2.45) is 0 Å². The fraction of sp³-hybridized carbons (Fsp3) is 0.286. The highest BCUT2D eigenvalue weighted by Crippen LogP contribution is 2.31. The molecule has 0 radical (unpaired) electrons. The first-order valence-corrected chi connectivity index (χ1v) is 9.77. The molecule has 0 bridgehead atoms. The number of amides is 1. The van der Waals surface area contributed by atoms with Crippen molar-refractivity contribution in [3.63, 3.8) is 0 Å². The normalized spacial score (nSPS) is 15.2. The average molecular weight is 410 g/mol. The Morgan fingerprint density at radius 1 is 1.24 bits per heavy atom. The molecule has 1 amide bonds. The van der Waals surface area contributed by atoms with E-state index in [0.717, 1.165) is 16.9 Å². The first kappa shape index (κ1) is 19.2. The van der Waals surface area contributed by atoms with Gasteiger partial charge in [0.25, 0.3) is 0 Å². The third kappa shape index (κ3) is 4.17. The topological polar surface area (TPSA) is 72.4 Å². The minimum absolute atomic E-state index is 0.0849. The summed E-state index contributed by atoms with van der Waals surface area (Å²) < 4.78 is 13.8. The fourth-order valence-corrected chi connectivity index (χ4v) is 3.40. The van der Waals surface area contributed by atoms with Crippen LogP contribution in [-0.4, -0.2) is 51.9 Å². The quantitative estimate of drug-likeness (QED) is 0.654. The summed E-state index contributed by atoms with van der Waals surface area (Å²) in [6.45, 7) is 2.93. The molecule has 1 aromatic heterocycles. The number of hydrogen-bond donors (Lipinski definition) is 1. The summed E-state index contributed by atoms with van der Waals surface area (Å²) in [5.74, 6) is 1.98. The van der Waals surface area contributed by atoms with Crippen molar-refractivity contribution >= 4 is 18.1 Å². The second kappa shape index (κ2) is 8.08. The smallest absolute Gasteiger partial charge is 0.242 e. The maximum absolute atomic E-state index is 12.8. The molecule has 1 aliphatic rings. The number of aromatic amines is 1. The van der Waals surface area contributed by atoms with Crippen LogP contribution < -0.4 is 9.47 Å². The van der Waals surface area contributed by atoms with Gasteiger partial charge in [0.15, 0.2) is 28.2 Å². The summed E-state index contributed by atoms with van der Waals surface area (Å²) in [7, 11) is 1.75. The molecule has 1 N–H and O–H groups in total. The van der Waals surface area contributed by atoms with Crippen LogP contribution in [0.3, 0.4) is 0 Å². The minimum Gasteiger partial charge on any atom is -0.486 e. The zero-order chi connectivity index (χ0) is 20.4. The van der Waals surface area contributed by atoms with Gasteiger partial charge < -0.3 is 14.4 Å². The van der Waals surface area contributed by atoms with Gasteiger partial charge in [-0.3, -0.25) is 14.5 Å². The molecule has 29 heavy (non-hydrogen) atoms. The van der Waals surface area contributed by atoms with Crippen molar-refractivity contribution in [2.75, 3.05) is 20.2 Å². The van der Waals surface area contributed by atoms with Gasteiger partial charge >= 0.3 is 0 Å². The number of hydrogen-bond acceptors (Lipinski definition) is 5. The number of nitrogens with zero attached hydrogens (tertiary/aromatic N) is 3. The zero-order valence-electron chi connectivity index (χ0n) is 16.3. The van der Waals surface area contributed by atoms with E-state index in [9.17, 15) is 4.79 Å². The maximum Gasteiger partial charge on any atom is 0.242 e. The van der Waals surface area contributed by atoms with Gasteiger partial charge in [0, 0.05) is 12.6 Å². The van der Waals surface area contributed by atoms with Gasteiger partial charge in [-0.1, -0.05) is 42.0 Å². The number of carbonyl (C=O) groups is 1. The molecule has 0 fully saturated rings. The summed E-state index contributed by atoms with van der Waals surface area (Å²) in [5, 5.41) is 7.09. The van der Waals surface area contributed by atoms with E-state index in [0.29, 0.717) is 29.5 Å². The van der Waals surface area contributed by atoms with E-state index in [1.54, 1.807) is 16.5 Å². The Hall–Kier alpha value is -3.13. The van der Waals surface area contributed by atoms with E-state index >= 15 is 0 Å². The van der Waals surface area contributed by atoms with Gasteiger partial charge in [0.05, 0.1) is 6.54 Å². The van der Waals surface area contributed by atoms with E-state index < -0.39 is 0 Å². The zero-order valence-corrected chi connectivity index (χ0v) is 17.1. The minimum atomic E-state index is -0.229. The van der Waals surface area contributed by atoms with Crippen LogP contribution in [0, 0.1) is 11.7 Å². The molecular formula is C21H22N4O3S. The highest BCUT2D eigenvalue weighted by molar-refractivity contribution is 7.71. The van der Waals surface area contributed by atoms with Crippen LogP contribution in [0.15, 0.2) is 48.5 Å². The van der Waals surface area contributed by atoms with E-state index in [1.807, 2.05) is 55.5 Å². The number of benzene rings is 2. The van der Waals surface area contributed by atoms with Crippen LogP contribution in [-0.2, 0) is 11.3 Å². The van der Waals surface area contributed by atoms with Crippen molar-refractivity contribution in [2.45, 2.75) is 19.6 Å². The van der Waals surface area contributed by atoms with Crippen molar-refractivity contribution in [3.8, 4) is 22.9 Å². The Labute approximate surface area is 173 Å². The molecule has 0 spiro atoms. The lowest BCUT2D eigenvalue weighted by molar-refractivity contribution is -0.131. The molecule has 150 valence electrons. The van der Waals surface area contributed by atoms with Gasteiger partial charge in [-0.25, -0.2) is 0 Å². The number of aryl methyl sites for hydroxylation is 1. The van der Waals surface area contributed by atoms with E-state index in [1.165, 1.54) is 0 Å². The number of carbonyl (C=O) groups excluding carboxylic acids is 1. The molecule has 0 saturated carbocycles. The predicted molar refractivity (Wildman–Crippen MR) is 112 cm³/mol. The number of aromatic nitrogens is 3. The Balaban J connectivity index is 1.44. The summed E-state index contributed by atoms with van der Waals surface area (Å²) in [6.07, 6.45) is -0.229. The molecule has 2 aromatic carbocycles. The van der Waals surface area contributed by atoms with Crippen molar-refractivity contribution in [1.29, 1.82) is 0 Å². The highest BCUT2D eigenvalue weighted by atomic mass is 32.1. The average Bonchev–Trinajstić information content (AvgIpc) is 3.08. The van der Waals surface area contributed by atoms with Gasteiger partial charge in [0.2, 0.25) is 5.91 Å². The van der Waals surface area contributed by atoms with Crippen LogP contribution in [0.1, 0.15) is 5.56 Å². The van der Waals surface area contributed by atoms with Crippen LogP contribution in [0.25, 0.3) is 11.4 Å². The maximum atomic E-state index is 12.8. The lowest BCUT2D eigenvalue weighted by atomic mass is 10.1. The molecule has 1 unspecified atom stereocenters. The van der Waals surface area contributed by atoms with E-state index in [-0.39, 0.29) is 18.6 Å². The van der Waals surface area contributed by atoms with Crippen molar-refractivity contribution in [1.82, 2.24) is 19.7 Å². The van der Waals surface area contributed by atoms with Crippen LogP contribution in [0.5, 0.6) is 11.5 Å². The van der Waals surface area contributed by atoms with Gasteiger partial charge in [-0.2, -0.15) is 5.10 Å². The molecule has 2 heterocycles. The third-order valence-corrected chi connectivity index (χ3v) is 5.14. The van der Waals surface area contributed by atoms with Gasteiger partial charge in [0.1, 0.15) is 13.2 Å². The highest BCUT2D eigenvalue weighted by Gasteiger charge is 2.24. The second-order valence-corrected chi connectivity index (χ2v) is 7.46. The Morgan fingerprint density at radius 3 is 2.72 bits per heavy atom. The largest absolute Gasteiger partial charge is 0.486 e. The molecule has 7 nitrogen and oxygen atoms in total. The molecule has 0 saturated heterocycles. The van der Waals surface area contributed by atoms with Gasteiger partial charge in [-0.15, -0.1) is 0 Å². The first-order chi connectivity index (χ1) is 14.0. The van der Waals surface area contributed by atoms with E-state index in [2.05, 4.69) is 10.2 Å². The van der Waals surface area contributed by atoms with Crippen molar-refractivity contribution < 1.29 is 14.3 Å². The monoisotopic (exact) mass is 410 g/mol. The summed E-state index contributed by atoms with van der Waals surface area (Å²) in [5.41, 5.74) is 2.06. The van der Waals surface area contributed by atoms with Crippen LogP contribution in [0.2, 0.25) is 0 Å². The number of nitrogens with one attached hydrogen (secondary N) is 1. The lowest BCUT2D eigenvalue weighted by Gasteiger charge is -2.29. The van der Waals surface area contributed by atoms with E-state index in [4.69, 9.17) is 21.7 Å². The second-order valence-electron chi connectivity index (χ2n) is 7.08. The first-order valence-electron chi connectivity index (χ1n) is 9.36. The molecule has 3 aromatic rings. The SMILES string of the molecule is Cc1ccc(-c2n[nH]c(=S)n2CC(=O)N(C)CC2COc3ccccc3O2)cc1. The lowest BCUT2D eigenvalue weighted by Crippen LogP contribution is -2.42. The van der Waals surface area contributed by atoms with Crippen molar-refractivity contribution in [3.05, 3.63) is 58.9 Å². The number of likely N-dealkylation sites (N-methyl/N-ethyl adjacent to an activating group) is 1. The Bertz CT molecular complexity index is 1070.